The van der Waals surface area contributed by atoms with Gasteiger partial charge in [-0.1, -0.05) is 26.0 Å². The van der Waals surface area contributed by atoms with E-state index in [0.29, 0.717) is 36.1 Å². The number of nitrogens with one attached hydrogen (secondary N) is 1. The van der Waals surface area contributed by atoms with Gasteiger partial charge >= 0.3 is 35.5 Å². The standard InChI is InChI=1S/C29H37N3O7.Na.H/c1-18(2)27-26(29(37)30-17-19-5-9-23(38-3)10-6-19)31-28(20-7-11-24(39-4)12-8-20)32(27)14-13-21(33)15-22(34)16-25(35)36;;/h5-12,18,21-22,33-34H,13-17H2,1-4H3,(H,30,37)(H,35,36);;/t21-,22-;;/m1../s1. The number of hydrogen-bond acceptors (Lipinski definition) is 7. The van der Waals surface area contributed by atoms with E-state index in [-0.39, 0.29) is 54.2 Å². The molecule has 2 aromatic carbocycles. The number of hydrogen-bond donors (Lipinski definition) is 4. The van der Waals surface area contributed by atoms with Gasteiger partial charge in [0.15, 0.2) is 0 Å². The summed E-state index contributed by atoms with van der Waals surface area (Å²) >= 11 is 0. The average Bonchev–Trinajstić information content (AvgIpc) is 3.30. The van der Waals surface area contributed by atoms with Gasteiger partial charge in [0.2, 0.25) is 0 Å². The summed E-state index contributed by atoms with van der Waals surface area (Å²) in [5.41, 5.74) is 2.69. The van der Waals surface area contributed by atoms with E-state index in [1.54, 1.807) is 14.2 Å². The predicted octanol–water partition coefficient (Wildman–Crippen LogP) is 2.95. The maximum atomic E-state index is 13.4. The van der Waals surface area contributed by atoms with Gasteiger partial charge in [-0.15, -0.1) is 0 Å². The average molecular weight is 564 g/mol. The number of aliphatic carboxylic acids is 1. The molecule has 4 N–H and O–H groups in total. The Hall–Kier alpha value is -2.89. The van der Waals surface area contributed by atoms with Gasteiger partial charge in [-0.2, -0.15) is 0 Å². The normalized spacial score (nSPS) is 12.4. The Morgan fingerprint density at radius 2 is 1.52 bits per heavy atom. The molecule has 40 heavy (non-hydrogen) atoms. The van der Waals surface area contributed by atoms with Gasteiger partial charge in [0.25, 0.3) is 5.91 Å². The van der Waals surface area contributed by atoms with E-state index in [2.05, 4.69) is 5.32 Å². The van der Waals surface area contributed by atoms with Crippen LogP contribution in [0.25, 0.3) is 11.4 Å². The molecular weight excluding hydrogens is 525 g/mol. The minimum absolute atomic E-state index is 0. The molecule has 2 atom stereocenters. The van der Waals surface area contributed by atoms with E-state index >= 15 is 0 Å². The number of carboxylic acids is 1. The molecule has 0 bridgehead atoms. The van der Waals surface area contributed by atoms with Gasteiger partial charge in [0.05, 0.1) is 38.5 Å². The molecule has 3 rings (SSSR count). The van der Waals surface area contributed by atoms with Crippen molar-refractivity contribution in [1.29, 1.82) is 0 Å². The van der Waals surface area contributed by atoms with Crippen LogP contribution in [0.4, 0.5) is 0 Å². The van der Waals surface area contributed by atoms with E-state index in [4.69, 9.17) is 19.6 Å². The van der Waals surface area contributed by atoms with Crippen LogP contribution in [0.1, 0.15) is 60.8 Å². The second kappa shape index (κ2) is 15.8. The van der Waals surface area contributed by atoms with E-state index in [1.165, 1.54) is 0 Å². The molecule has 0 aliphatic carbocycles. The number of carbonyl (C=O) groups excluding carboxylic acids is 1. The summed E-state index contributed by atoms with van der Waals surface area (Å²) in [7, 11) is 3.18. The summed E-state index contributed by atoms with van der Waals surface area (Å²) in [6.07, 6.45) is -2.34. The van der Waals surface area contributed by atoms with Gasteiger partial charge in [0, 0.05) is 18.7 Å². The summed E-state index contributed by atoms with van der Waals surface area (Å²) in [5, 5.41) is 32.3. The van der Waals surface area contributed by atoms with Crippen LogP contribution in [0.3, 0.4) is 0 Å². The van der Waals surface area contributed by atoms with Crippen molar-refractivity contribution in [2.45, 2.75) is 64.3 Å². The number of nitrogens with zero attached hydrogens (tertiary/aromatic N) is 2. The zero-order valence-corrected chi connectivity index (χ0v) is 22.8. The van der Waals surface area contributed by atoms with Crippen molar-refractivity contribution in [2.24, 2.45) is 0 Å². The molecule has 0 spiro atoms. The zero-order valence-electron chi connectivity index (χ0n) is 22.8. The number of carboxylic acid groups (broad SMARTS) is 1. The first-order valence-electron chi connectivity index (χ1n) is 12.9. The van der Waals surface area contributed by atoms with Crippen molar-refractivity contribution in [3.05, 3.63) is 65.5 Å². The molecule has 0 fully saturated rings. The molecule has 10 nitrogen and oxygen atoms in total. The van der Waals surface area contributed by atoms with Gasteiger partial charge in [-0.25, -0.2) is 4.98 Å². The fraction of sp³-hybridized carbons (Fsp3) is 0.414. The van der Waals surface area contributed by atoms with E-state index in [1.807, 2.05) is 66.9 Å². The third-order valence-electron chi connectivity index (χ3n) is 6.37. The number of aromatic nitrogens is 2. The molecule has 212 valence electrons. The van der Waals surface area contributed by atoms with Crippen LogP contribution in [0, 0.1) is 0 Å². The topological polar surface area (TPSA) is 143 Å². The molecule has 1 heterocycles. The van der Waals surface area contributed by atoms with E-state index in [9.17, 15) is 19.8 Å². The molecule has 0 aliphatic heterocycles. The van der Waals surface area contributed by atoms with Crippen molar-refractivity contribution in [1.82, 2.24) is 14.9 Å². The van der Waals surface area contributed by atoms with Crippen molar-refractivity contribution in [3.8, 4) is 22.9 Å². The molecule has 0 radical (unpaired) electrons. The Balaban J connectivity index is 0.00000560. The van der Waals surface area contributed by atoms with Crippen LogP contribution in [-0.2, 0) is 17.9 Å². The number of aliphatic hydroxyl groups excluding tert-OH is 2. The number of carbonyl (C=O) groups is 2. The Labute approximate surface area is 256 Å². The monoisotopic (exact) mass is 563 g/mol. The summed E-state index contributed by atoms with van der Waals surface area (Å²) in [5.74, 6) is 0.461. The number of aliphatic hydroxyl groups is 2. The van der Waals surface area contributed by atoms with Crippen LogP contribution in [0.5, 0.6) is 11.5 Å². The van der Waals surface area contributed by atoms with Crippen molar-refractivity contribution >= 4 is 41.4 Å². The summed E-state index contributed by atoms with van der Waals surface area (Å²) in [6, 6.07) is 14.7. The molecule has 0 saturated carbocycles. The molecule has 0 unspecified atom stereocenters. The Morgan fingerprint density at radius 1 is 0.950 bits per heavy atom. The van der Waals surface area contributed by atoms with Crippen LogP contribution in [-0.4, -0.2) is 92.7 Å². The molecule has 1 aromatic heterocycles. The molecule has 1 amide bonds. The molecule has 3 aromatic rings. The third-order valence-corrected chi connectivity index (χ3v) is 6.37. The first-order chi connectivity index (χ1) is 18.6. The maximum absolute atomic E-state index is 13.4. The fourth-order valence-electron chi connectivity index (χ4n) is 4.41. The van der Waals surface area contributed by atoms with Gasteiger partial charge in [0.1, 0.15) is 23.0 Å². The number of imidazole rings is 1. The van der Waals surface area contributed by atoms with Crippen molar-refractivity contribution in [3.63, 3.8) is 0 Å². The van der Waals surface area contributed by atoms with Crippen molar-refractivity contribution < 1.29 is 34.4 Å². The number of ether oxygens (including phenoxy) is 2. The zero-order chi connectivity index (χ0) is 28.5. The Morgan fingerprint density at radius 3 is 2.05 bits per heavy atom. The molecule has 0 saturated heterocycles. The quantitative estimate of drug-likeness (QED) is 0.219. The number of amides is 1. The predicted molar refractivity (Wildman–Crippen MR) is 153 cm³/mol. The fourth-order valence-corrected chi connectivity index (χ4v) is 4.41. The van der Waals surface area contributed by atoms with Crippen LogP contribution < -0.4 is 14.8 Å². The summed E-state index contributed by atoms with van der Waals surface area (Å²) in [4.78, 5) is 29.0. The second-order valence-electron chi connectivity index (χ2n) is 9.66. The third kappa shape index (κ3) is 9.07. The van der Waals surface area contributed by atoms with Gasteiger partial charge in [-0.05, 0) is 60.7 Å². The van der Waals surface area contributed by atoms with Crippen molar-refractivity contribution in [2.75, 3.05) is 14.2 Å². The van der Waals surface area contributed by atoms with Crippen LogP contribution in [0.2, 0.25) is 0 Å². The Bertz CT molecular complexity index is 1240. The first-order valence-corrected chi connectivity index (χ1v) is 12.9. The summed E-state index contributed by atoms with van der Waals surface area (Å²) in [6.45, 7) is 4.57. The number of rotatable bonds is 14. The second-order valence-corrected chi connectivity index (χ2v) is 9.66. The minimum atomic E-state index is -1.15. The number of methoxy groups -OCH3 is 2. The van der Waals surface area contributed by atoms with Gasteiger partial charge in [-0.3, -0.25) is 9.59 Å². The van der Waals surface area contributed by atoms with Crippen LogP contribution >= 0.6 is 0 Å². The first kappa shape index (κ1) is 33.3. The molecule has 0 aliphatic rings. The van der Waals surface area contributed by atoms with E-state index in [0.717, 1.165) is 16.9 Å². The summed E-state index contributed by atoms with van der Waals surface area (Å²) < 4.78 is 12.4. The SMILES string of the molecule is COc1ccc(CNC(=O)c2nc(-c3ccc(OC)cc3)n(CC[C@@H](O)C[C@@H](O)CC(=O)O)c2C(C)C)cc1.[NaH]. The number of benzene rings is 2. The molecule has 11 heteroatoms. The van der Waals surface area contributed by atoms with Crippen LogP contribution in [0.15, 0.2) is 48.5 Å². The van der Waals surface area contributed by atoms with Gasteiger partial charge < -0.3 is 34.7 Å². The molecular formula is C29H38N3NaO7. The Kier molecular flexibility index (Phi) is 13.1. The van der Waals surface area contributed by atoms with E-state index < -0.39 is 24.6 Å².